The minimum Gasteiger partial charge on any atom is -0.465 e. The Morgan fingerprint density at radius 1 is 1.17 bits per heavy atom. The van der Waals surface area contributed by atoms with Crippen molar-refractivity contribution < 1.29 is 13.9 Å². The molecule has 0 aliphatic carbocycles. The lowest BCUT2D eigenvalue weighted by Crippen LogP contribution is -2.43. The Morgan fingerprint density at radius 2 is 1.97 bits per heavy atom. The van der Waals surface area contributed by atoms with E-state index in [1.165, 1.54) is 0 Å². The second-order valence-corrected chi connectivity index (χ2v) is 7.55. The minimum absolute atomic E-state index is 0.0207. The molecule has 7 nitrogen and oxygen atoms in total. The number of nitrogens with one attached hydrogen (secondary N) is 1. The van der Waals surface area contributed by atoms with Crippen molar-refractivity contribution in [3.8, 4) is 5.69 Å². The molecule has 3 aromatic rings. The summed E-state index contributed by atoms with van der Waals surface area (Å²) in [6.45, 7) is 5.53. The molecule has 158 valence electrons. The summed E-state index contributed by atoms with van der Waals surface area (Å²) in [7, 11) is 0. The number of furan rings is 1. The van der Waals surface area contributed by atoms with Gasteiger partial charge in [-0.2, -0.15) is 5.10 Å². The van der Waals surface area contributed by atoms with Crippen LogP contribution in [0.1, 0.15) is 29.5 Å². The summed E-state index contributed by atoms with van der Waals surface area (Å²) in [5, 5.41) is 7.48. The van der Waals surface area contributed by atoms with Gasteiger partial charge in [0.25, 0.3) is 0 Å². The van der Waals surface area contributed by atoms with Crippen molar-refractivity contribution >= 4 is 5.91 Å². The minimum atomic E-state index is 0.0207. The second-order valence-electron chi connectivity index (χ2n) is 7.55. The van der Waals surface area contributed by atoms with Crippen LogP contribution in [-0.4, -0.2) is 53.4 Å². The zero-order valence-electron chi connectivity index (χ0n) is 17.3. The monoisotopic (exact) mass is 408 g/mol. The van der Waals surface area contributed by atoms with Gasteiger partial charge in [0.1, 0.15) is 11.5 Å². The summed E-state index contributed by atoms with van der Waals surface area (Å²) in [6, 6.07) is 13.9. The van der Waals surface area contributed by atoms with Gasteiger partial charge in [0.2, 0.25) is 5.91 Å². The standard InChI is InChI=1S/C23H28N4O3/c1-18-7-9-22(30-18)21(26-11-13-29-14-12-26)16-24-23(28)10-8-19-15-25-27(17-19)20-5-3-2-4-6-20/h2-7,9,15,17,21H,8,10-14,16H2,1H3,(H,24,28). The first kappa shape index (κ1) is 20.4. The molecule has 0 saturated carbocycles. The molecule has 1 unspecified atom stereocenters. The molecule has 0 spiro atoms. The second kappa shape index (κ2) is 9.73. The quantitative estimate of drug-likeness (QED) is 0.621. The Labute approximate surface area is 176 Å². The smallest absolute Gasteiger partial charge is 0.220 e. The Balaban J connectivity index is 1.31. The van der Waals surface area contributed by atoms with Crippen LogP contribution in [0.15, 0.2) is 59.3 Å². The predicted octanol–water partition coefficient (Wildman–Crippen LogP) is 2.90. The third-order valence-corrected chi connectivity index (χ3v) is 5.37. The van der Waals surface area contributed by atoms with E-state index in [0.29, 0.717) is 32.6 Å². The molecule has 1 atom stereocenters. The number of nitrogens with zero attached hydrogens (tertiary/aromatic N) is 3. The molecule has 1 N–H and O–H groups in total. The number of para-hydroxylation sites is 1. The largest absolute Gasteiger partial charge is 0.465 e. The SMILES string of the molecule is Cc1ccc(C(CNC(=O)CCc2cnn(-c3ccccc3)c2)N2CCOCC2)o1. The van der Waals surface area contributed by atoms with E-state index in [2.05, 4.69) is 15.3 Å². The molecule has 4 rings (SSSR count). The number of aromatic nitrogens is 2. The van der Waals surface area contributed by atoms with Gasteiger partial charge in [-0.05, 0) is 43.2 Å². The average Bonchev–Trinajstić information content (AvgIpc) is 3.43. The molecule has 1 amide bonds. The van der Waals surface area contributed by atoms with Gasteiger partial charge in [0.15, 0.2) is 0 Å². The highest BCUT2D eigenvalue weighted by atomic mass is 16.5. The number of carbonyl (C=O) groups excluding carboxylic acids is 1. The third-order valence-electron chi connectivity index (χ3n) is 5.37. The van der Waals surface area contributed by atoms with E-state index in [1.54, 1.807) is 0 Å². The molecule has 1 aliphatic heterocycles. The van der Waals surface area contributed by atoms with E-state index in [9.17, 15) is 4.79 Å². The summed E-state index contributed by atoms with van der Waals surface area (Å²) < 4.78 is 13.2. The summed E-state index contributed by atoms with van der Waals surface area (Å²) in [6.07, 6.45) is 4.88. The number of amides is 1. The van der Waals surface area contributed by atoms with E-state index < -0.39 is 0 Å². The maximum absolute atomic E-state index is 12.5. The Hall–Kier alpha value is -2.90. The first-order valence-corrected chi connectivity index (χ1v) is 10.4. The van der Waals surface area contributed by atoms with Gasteiger partial charge in [0.05, 0.1) is 31.1 Å². The number of ether oxygens (including phenoxy) is 1. The number of carbonyl (C=O) groups is 1. The van der Waals surface area contributed by atoms with Crippen LogP contribution in [0.3, 0.4) is 0 Å². The van der Waals surface area contributed by atoms with E-state index in [0.717, 1.165) is 35.9 Å². The van der Waals surface area contributed by atoms with Gasteiger partial charge >= 0.3 is 0 Å². The molecule has 0 bridgehead atoms. The molecule has 1 saturated heterocycles. The fraction of sp³-hybridized carbons (Fsp3) is 0.391. The van der Waals surface area contributed by atoms with Crippen LogP contribution in [0.5, 0.6) is 0 Å². The molecule has 2 aromatic heterocycles. The summed E-state index contributed by atoms with van der Waals surface area (Å²) in [5.41, 5.74) is 2.05. The van der Waals surface area contributed by atoms with E-state index >= 15 is 0 Å². The molecular formula is C23H28N4O3. The van der Waals surface area contributed by atoms with E-state index in [1.807, 2.05) is 66.5 Å². The molecule has 1 aliphatic rings. The maximum atomic E-state index is 12.5. The fourth-order valence-electron chi connectivity index (χ4n) is 3.70. The molecular weight excluding hydrogens is 380 g/mol. The van der Waals surface area contributed by atoms with Gasteiger partial charge in [-0.15, -0.1) is 0 Å². The van der Waals surface area contributed by atoms with Crippen molar-refractivity contribution in [3.63, 3.8) is 0 Å². The fourth-order valence-corrected chi connectivity index (χ4v) is 3.70. The third kappa shape index (κ3) is 5.17. The highest BCUT2D eigenvalue weighted by Gasteiger charge is 2.25. The van der Waals surface area contributed by atoms with Crippen LogP contribution in [0, 0.1) is 6.92 Å². The van der Waals surface area contributed by atoms with Crippen molar-refractivity contribution in [2.75, 3.05) is 32.8 Å². The lowest BCUT2D eigenvalue weighted by molar-refractivity contribution is -0.121. The van der Waals surface area contributed by atoms with Crippen molar-refractivity contribution in [1.29, 1.82) is 0 Å². The molecule has 30 heavy (non-hydrogen) atoms. The average molecular weight is 409 g/mol. The Morgan fingerprint density at radius 3 is 2.70 bits per heavy atom. The molecule has 1 fully saturated rings. The molecule has 1 aromatic carbocycles. The van der Waals surface area contributed by atoms with Crippen LogP contribution in [0.4, 0.5) is 0 Å². The lowest BCUT2D eigenvalue weighted by atomic mass is 10.1. The highest BCUT2D eigenvalue weighted by Crippen LogP contribution is 2.23. The number of benzene rings is 1. The predicted molar refractivity (Wildman–Crippen MR) is 113 cm³/mol. The number of hydrogen-bond acceptors (Lipinski definition) is 5. The van der Waals surface area contributed by atoms with E-state index in [4.69, 9.17) is 9.15 Å². The van der Waals surface area contributed by atoms with Gasteiger partial charge in [-0.3, -0.25) is 9.69 Å². The van der Waals surface area contributed by atoms with Crippen LogP contribution in [0.25, 0.3) is 5.69 Å². The van der Waals surface area contributed by atoms with Gasteiger partial charge in [-0.25, -0.2) is 4.68 Å². The van der Waals surface area contributed by atoms with Crippen LogP contribution < -0.4 is 5.32 Å². The summed E-state index contributed by atoms with van der Waals surface area (Å²) >= 11 is 0. The maximum Gasteiger partial charge on any atom is 0.220 e. The normalized spacial score (nSPS) is 15.8. The lowest BCUT2D eigenvalue weighted by Gasteiger charge is -2.33. The molecule has 0 radical (unpaired) electrons. The van der Waals surface area contributed by atoms with E-state index in [-0.39, 0.29) is 11.9 Å². The summed E-state index contributed by atoms with van der Waals surface area (Å²) in [4.78, 5) is 14.8. The topological polar surface area (TPSA) is 72.5 Å². The van der Waals surface area contributed by atoms with Crippen molar-refractivity contribution in [3.05, 3.63) is 71.9 Å². The van der Waals surface area contributed by atoms with Crippen LogP contribution in [-0.2, 0) is 16.0 Å². The molecule has 7 heteroatoms. The van der Waals surface area contributed by atoms with Crippen molar-refractivity contribution in [2.45, 2.75) is 25.8 Å². The van der Waals surface area contributed by atoms with Crippen LogP contribution in [0.2, 0.25) is 0 Å². The number of aryl methyl sites for hydroxylation is 2. The first-order chi connectivity index (χ1) is 14.7. The number of hydrogen-bond donors (Lipinski definition) is 1. The zero-order valence-corrected chi connectivity index (χ0v) is 17.3. The number of rotatable bonds is 8. The Bertz CT molecular complexity index is 944. The Kier molecular flexibility index (Phi) is 6.61. The van der Waals surface area contributed by atoms with Gasteiger partial charge in [-0.1, -0.05) is 18.2 Å². The summed E-state index contributed by atoms with van der Waals surface area (Å²) in [5.74, 6) is 1.80. The van der Waals surface area contributed by atoms with Crippen LogP contribution >= 0.6 is 0 Å². The number of morpholine rings is 1. The first-order valence-electron chi connectivity index (χ1n) is 10.4. The van der Waals surface area contributed by atoms with Gasteiger partial charge < -0.3 is 14.5 Å². The van der Waals surface area contributed by atoms with Gasteiger partial charge in [0, 0.05) is 32.3 Å². The van der Waals surface area contributed by atoms with Crippen molar-refractivity contribution in [2.24, 2.45) is 0 Å². The van der Waals surface area contributed by atoms with Crippen molar-refractivity contribution in [1.82, 2.24) is 20.0 Å². The molecule has 3 heterocycles. The zero-order chi connectivity index (χ0) is 20.8. The highest BCUT2D eigenvalue weighted by molar-refractivity contribution is 5.76.